The Kier molecular flexibility index (Phi) is 4.35. The van der Waals surface area contributed by atoms with Gasteiger partial charge >= 0.3 is 0 Å². The fraction of sp³-hybridized carbons (Fsp3) is 0.385. The largest absolute Gasteiger partial charge is 0.497 e. The summed E-state index contributed by atoms with van der Waals surface area (Å²) in [6, 6.07) is 5.73. The first-order valence-electron chi connectivity index (χ1n) is 5.97. The highest BCUT2D eigenvalue weighted by molar-refractivity contribution is 5.40. The van der Waals surface area contributed by atoms with Crippen molar-refractivity contribution in [3.05, 3.63) is 35.2 Å². The van der Waals surface area contributed by atoms with Gasteiger partial charge in [-0.3, -0.25) is 0 Å². The number of hydrogen-bond donors (Lipinski definition) is 1. The average molecular weight is 263 g/mol. The molecule has 0 amide bonds. The van der Waals surface area contributed by atoms with Gasteiger partial charge in [-0.05, 0) is 20.0 Å². The fourth-order valence-electron chi connectivity index (χ4n) is 1.66. The maximum atomic E-state index is 5.77. The molecule has 2 rings (SSSR count). The zero-order valence-electron chi connectivity index (χ0n) is 11.3. The van der Waals surface area contributed by atoms with Crippen molar-refractivity contribution in [1.82, 2.24) is 15.6 Å². The van der Waals surface area contributed by atoms with E-state index in [0.29, 0.717) is 12.3 Å². The first-order valence-corrected chi connectivity index (χ1v) is 5.97. The van der Waals surface area contributed by atoms with Crippen molar-refractivity contribution >= 4 is 0 Å². The van der Waals surface area contributed by atoms with Gasteiger partial charge in [0, 0.05) is 18.2 Å². The van der Waals surface area contributed by atoms with E-state index in [2.05, 4.69) is 20.3 Å². The minimum absolute atomic E-state index is 0.319. The summed E-state index contributed by atoms with van der Waals surface area (Å²) in [6.07, 6.45) is 0. The number of methoxy groups -OCH3 is 1. The Morgan fingerprint density at radius 3 is 2.79 bits per heavy atom. The molecule has 19 heavy (non-hydrogen) atoms. The number of nitrogens with one attached hydrogen (secondary N) is 1. The van der Waals surface area contributed by atoms with Gasteiger partial charge in [-0.1, -0.05) is 16.4 Å². The predicted molar refractivity (Wildman–Crippen MR) is 69.1 cm³/mol. The summed E-state index contributed by atoms with van der Waals surface area (Å²) in [6.45, 7) is 2.86. The van der Waals surface area contributed by atoms with E-state index in [4.69, 9.17) is 9.47 Å². The Labute approximate surface area is 111 Å². The number of nitrogens with zero attached hydrogens (tertiary/aromatic N) is 2. The monoisotopic (exact) mass is 263 g/mol. The van der Waals surface area contributed by atoms with E-state index in [0.717, 1.165) is 29.3 Å². The number of aryl methyl sites for hydroxylation is 1. The Hall–Kier alpha value is -2.08. The third-order valence-corrected chi connectivity index (χ3v) is 2.75. The number of benzene rings is 1. The molecule has 0 fully saturated rings. The number of hydrogen-bond acceptors (Lipinski definition) is 6. The summed E-state index contributed by atoms with van der Waals surface area (Å²) in [5, 5.41) is 10.6. The first kappa shape index (κ1) is 13.4. The molecule has 0 radical (unpaired) electrons. The highest BCUT2D eigenvalue weighted by Gasteiger charge is 2.09. The van der Waals surface area contributed by atoms with Crippen LogP contribution in [0.5, 0.6) is 11.5 Å². The predicted octanol–water partition coefficient (Wildman–Crippen LogP) is 1.69. The van der Waals surface area contributed by atoms with Crippen LogP contribution in [0.3, 0.4) is 0 Å². The van der Waals surface area contributed by atoms with Gasteiger partial charge in [-0.2, -0.15) is 0 Å². The van der Waals surface area contributed by atoms with Crippen LogP contribution in [-0.2, 0) is 13.2 Å². The summed E-state index contributed by atoms with van der Waals surface area (Å²) in [4.78, 5) is 0. The third kappa shape index (κ3) is 3.23. The second kappa shape index (κ2) is 6.19. The third-order valence-electron chi connectivity index (χ3n) is 2.75. The van der Waals surface area contributed by atoms with E-state index < -0.39 is 0 Å². The van der Waals surface area contributed by atoms with Crippen LogP contribution in [0.1, 0.15) is 17.0 Å². The zero-order valence-corrected chi connectivity index (χ0v) is 11.3. The smallest absolute Gasteiger partial charge is 0.145 e. The van der Waals surface area contributed by atoms with E-state index in [1.54, 1.807) is 7.11 Å². The van der Waals surface area contributed by atoms with Crippen molar-refractivity contribution in [1.29, 1.82) is 0 Å². The molecule has 0 aliphatic heterocycles. The molecular weight excluding hydrogens is 246 g/mol. The molecule has 2 aromatic rings. The van der Waals surface area contributed by atoms with Crippen LogP contribution < -0.4 is 14.8 Å². The normalized spacial score (nSPS) is 10.5. The lowest BCUT2D eigenvalue weighted by atomic mass is 10.2. The van der Waals surface area contributed by atoms with Crippen molar-refractivity contribution in [3.63, 3.8) is 0 Å². The van der Waals surface area contributed by atoms with Crippen LogP contribution in [0.4, 0.5) is 0 Å². The molecule has 1 N–H and O–H groups in total. The summed E-state index contributed by atoms with van der Waals surface area (Å²) in [5.41, 5.74) is 2.48. The quantitative estimate of drug-likeness (QED) is 0.855. The van der Waals surface area contributed by atoms with Crippen molar-refractivity contribution in [2.24, 2.45) is 0 Å². The van der Waals surface area contributed by atoms with E-state index in [-0.39, 0.29) is 0 Å². The van der Waals surface area contributed by atoms with Crippen LogP contribution in [0.15, 0.2) is 22.8 Å². The zero-order chi connectivity index (χ0) is 13.7. The van der Waals surface area contributed by atoms with Gasteiger partial charge < -0.3 is 14.8 Å². The van der Waals surface area contributed by atoms with Gasteiger partial charge in [0.1, 0.15) is 29.5 Å². The van der Waals surface area contributed by atoms with E-state index in [1.807, 2.05) is 32.2 Å². The van der Waals surface area contributed by atoms with Gasteiger partial charge in [0.25, 0.3) is 0 Å². The Morgan fingerprint density at radius 1 is 1.32 bits per heavy atom. The summed E-state index contributed by atoms with van der Waals surface area (Å²) in [7, 11) is 3.52. The standard InChI is InChI=1S/C13H17N3O3/c1-9-12(16-19-15-9)8-18-13-6-11(17-3)5-4-10(13)7-14-2/h4-6,14H,7-8H2,1-3H3. The van der Waals surface area contributed by atoms with E-state index in [1.165, 1.54) is 0 Å². The maximum absolute atomic E-state index is 5.77. The molecule has 0 aliphatic rings. The van der Waals surface area contributed by atoms with Gasteiger partial charge in [-0.25, -0.2) is 4.63 Å². The highest BCUT2D eigenvalue weighted by atomic mass is 16.6. The molecule has 0 saturated heterocycles. The molecule has 0 aliphatic carbocycles. The second-order valence-electron chi connectivity index (χ2n) is 4.09. The summed E-state index contributed by atoms with van der Waals surface area (Å²) in [5.74, 6) is 1.51. The van der Waals surface area contributed by atoms with Crippen LogP contribution in [0.25, 0.3) is 0 Å². The maximum Gasteiger partial charge on any atom is 0.145 e. The molecule has 1 heterocycles. The minimum Gasteiger partial charge on any atom is -0.497 e. The van der Waals surface area contributed by atoms with Gasteiger partial charge in [0.15, 0.2) is 0 Å². The lowest BCUT2D eigenvalue weighted by Crippen LogP contribution is -2.08. The van der Waals surface area contributed by atoms with Crippen molar-refractivity contribution in [2.75, 3.05) is 14.2 Å². The number of rotatable bonds is 6. The highest BCUT2D eigenvalue weighted by Crippen LogP contribution is 2.25. The Morgan fingerprint density at radius 2 is 2.16 bits per heavy atom. The molecule has 0 atom stereocenters. The topological polar surface area (TPSA) is 69.4 Å². The molecule has 1 aromatic heterocycles. The summed E-state index contributed by atoms with van der Waals surface area (Å²) >= 11 is 0. The van der Waals surface area contributed by atoms with Crippen LogP contribution in [-0.4, -0.2) is 24.5 Å². The second-order valence-corrected chi connectivity index (χ2v) is 4.09. The number of ether oxygens (including phenoxy) is 2. The molecule has 0 saturated carbocycles. The van der Waals surface area contributed by atoms with E-state index in [9.17, 15) is 0 Å². The van der Waals surface area contributed by atoms with Crippen LogP contribution in [0, 0.1) is 6.92 Å². The molecule has 6 heteroatoms. The van der Waals surface area contributed by atoms with E-state index >= 15 is 0 Å². The summed E-state index contributed by atoms with van der Waals surface area (Å²) < 4.78 is 15.6. The number of aromatic nitrogens is 2. The minimum atomic E-state index is 0.319. The first-order chi connectivity index (χ1) is 9.24. The molecule has 0 bridgehead atoms. The molecule has 0 spiro atoms. The molecular formula is C13H17N3O3. The van der Waals surface area contributed by atoms with Crippen molar-refractivity contribution in [3.8, 4) is 11.5 Å². The van der Waals surface area contributed by atoms with Crippen molar-refractivity contribution in [2.45, 2.75) is 20.1 Å². The SMILES string of the molecule is CNCc1ccc(OC)cc1OCc1nonc1C. The Balaban J connectivity index is 2.15. The van der Waals surface area contributed by atoms with Gasteiger partial charge in [0.2, 0.25) is 0 Å². The van der Waals surface area contributed by atoms with Gasteiger partial charge in [-0.15, -0.1) is 0 Å². The molecule has 102 valence electrons. The molecule has 0 unspecified atom stereocenters. The van der Waals surface area contributed by atoms with Crippen LogP contribution in [0.2, 0.25) is 0 Å². The van der Waals surface area contributed by atoms with Crippen LogP contribution >= 0.6 is 0 Å². The Bertz CT molecular complexity index is 540. The van der Waals surface area contributed by atoms with Crippen molar-refractivity contribution < 1.29 is 14.1 Å². The van der Waals surface area contributed by atoms with Gasteiger partial charge in [0.05, 0.1) is 7.11 Å². The molecule has 1 aromatic carbocycles. The fourth-order valence-corrected chi connectivity index (χ4v) is 1.66. The lowest BCUT2D eigenvalue weighted by Gasteiger charge is -2.12. The molecule has 6 nitrogen and oxygen atoms in total. The lowest BCUT2D eigenvalue weighted by molar-refractivity contribution is 0.267. The average Bonchev–Trinajstić information content (AvgIpc) is 2.83.